The third-order valence-corrected chi connectivity index (χ3v) is 6.61. The number of fused-ring (bicyclic) bond motifs is 1. The first-order chi connectivity index (χ1) is 18.6. The molecular formula is C32H24N4O2. The minimum Gasteiger partial charge on any atom is -0.374 e. The number of aromatic nitrogens is 3. The van der Waals surface area contributed by atoms with Gasteiger partial charge in [0.25, 0.3) is 0 Å². The van der Waals surface area contributed by atoms with Gasteiger partial charge in [0.2, 0.25) is 0 Å². The summed E-state index contributed by atoms with van der Waals surface area (Å²) in [5.41, 5.74) is 1.25. The minimum atomic E-state index is -1.60. The number of amides is 1. The molecule has 0 aliphatic carbocycles. The van der Waals surface area contributed by atoms with Gasteiger partial charge in [-0.05, 0) is 46.2 Å². The lowest BCUT2D eigenvalue weighted by molar-refractivity contribution is 0.120. The van der Waals surface area contributed by atoms with Gasteiger partial charge in [0.05, 0.1) is 17.6 Å². The predicted molar refractivity (Wildman–Crippen MR) is 148 cm³/mol. The van der Waals surface area contributed by atoms with Gasteiger partial charge >= 0.3 is 6.03 Å². The number of nitrogens with zero attached hydrogens (tertiary/aromatic N) is 4. The number of benzene rings is 5. The molecule has 38 heavy (non-hydrogen) atoms. The fourth-order valence-electron chi connectivity index (χ4n) is 4.69. The molecule has 0 atom stereocenters. The lowest BCUT2D eigenvalue weighted by Gasteiger charge is -2.27. The normalized spacial score (nSPS) is 11.4. The smallest absolute Gasteiger partial charge is 0.371 e. The van der Waals surface area contributed by atoms with Gasteiger partial charge in [0.15, 0.2) is 5.60 Å². The van der Waals surface area contributed by atoms with Crippen LogP contribution in [0, 0.1) is 0 Å². The van der Waals surface area contributed by atoms with Gasteiger partial charge < -0.3 is 5.11 Å². The van der Waals surface area contributed by atoms with E-state index in [4.69, 9.17) is 0 Å². The number of anilines is 2. The summed E-state index contributed by atoms with van der Waals surface area (Å²) in [7, 11) is 0. The molecule has 0 radical (unpaired) electrons. The summed E-state index contributed by atoms with van der Waals surface area (Å²) in [6.07, 6.45) is 1.45. The van der Waals surface area contributed by atoms with Gasteiger partial charge in [0.1, 0.15) is 5.69 Å². The van der Waals surface area contributed by atoms with Crippen molar-refractivity contribution < 1.29 is 9.90 Å². The predicted octanol–water partition coefficient (Wildman–Crippen LogP) is 6.52. The Kier molecular flexibility index (Phi) is 6.00. The van der Waals surface area contributed by atoms with Crippen LogP contribution in [0.15, 0.2) is 140 Å². The lowest BCUT2D eigenvalue weighted by Crippen LogP contribution is -2.33. The van der Waals surface area contributed by atoms with Gasteiger partial charge in [-0.15, -0.1) is 5.10 Å². The maximum absolute atomic E-state index is 14.0. The Bertz CT molecular complexity index is 1660. The highest BCUT2D eigenvalue weighted by atomic mass is 16.3. The molecule has 0 saturated carbocycles. The van der Waals surface area contributed by atoms with Gasteiger partial charge in [-0.2, -0.15) is 5.10 Å². The molecule has 0 saturated heterocycles. The SMILES string of the molecule is O=C(N(c1ccccc1)c1ccc2ccccc2c1)n1ncc(C(O)(c2ccccc2)c2ccccc2)n1. The third-order valence-electron chi connectivity index (χ3n) is 6.61. The maximum Gasteiger partial charge on any atom is 0.371 e. The fourth-order valence-corrected chi connectivity index (χ4v) is 4.69. The summed E-state index contributed by atoms with van der Waals surface area (Å²) in [5, 5.41) is 23.0. The molecule has 0 aliphatic rings. The van der Waals surface area contributed by atoms with E-state index in [1.807, 2.05) is 133 Å². The second-order valence-electron chi connectivity index (χ2n) is 8.95. The topological polar surface area (TPSA) is 71.2 Å². The van der Waals surface area contributed by atoms with E-state index in [2.05, 4.69) is 10.2 Å². The van der Waals surface area contributed by atoms with Crippen LogP contribution in [-0.2, 0) is 5.60 Å². The first kappa shape index (κ1) is 23.3. The Morgan fingerprint density at radius 1 is 0.658 bits per heavy atom. The van der Waals surface area contributed by atoms with Crippen molar-refractivity contribution in [3.63, 3.8) is 0 Å². The first-order valence-electron chi connectivity index (χ1n) is 12.3. The second kappa shape index (κ2) is 9.76. The molecule has 6 nitrogen and oxygen atoms in total. The van der Waals surface area contributed by atoms with E-state index in [1.165, 1.54) is 6.20 Å². The van der Waals surface area contributed by atoms with Gasteiger partial charge in [-0.25, -0.2) is 4.79 Å². The van der Waals surface area contributed by atoms with Crippen LogP contribution < -0.4 is 4.90 Å². The molecule has 6 rings (SSSR count). The number of carbonyl (C=O) groups excluding carboxylic acids is 1. The van der Waals surface area contributed by atoms with Crippen molar-refractivity contribution in [3.8, 4) is 0 Å². The minimum absolute atomic E-state index is 0.245. The fraction of sp³-hybridized carbons (Fsp3) is 0.0312. The van der Waals surface area contributed by atoms with Crippen LogP contribution in [0.25, 0.3) is 10.8 Å². The molecule has 184 valence electrons. The van der Waals surface area contributed by atoms with Crippen LogP contribution >= 0.6 is 0 Å². The molecule has 1 amide bonds. The molecule has 5 aromatic carbocycles. The van der Waals surface area contributed by atoms with Crippen LogP contribution in [-0.4, -0.2) is 26.1 Å². The number of hydrogen-bond acceptors (Lipinski definition) is 4. The Balaban J connectivity index is 1.45. The summed E-state index contributed by atoms with van der Waals surface area (Å²) in [5.74, 6) is 0. The Morgan fingerprint density at radius 3 is 1.84 bits per heavy atom. The van der Waals surface area contributed by atoms with Crippen molar-refractivity contribution in [3.05, 3.63) is 156 Å². The van der Waals surface area contributed by atoms with Gasteiger partial charge in [0, 0.05) is 0 Å². The number of hydrogen-bond donors (Lipinski definition) is 1. The largest absolute Gasteiger partial charge is 0.374 e. The molecule has 1 N–H and O–H groups in total. The van der Waals surface area contributed by atoms with Crippen molar-refractivity contribution in [1.82, 2.24) is 15.0 Å². The highest BCUT2D eigenvalue weighted by Gasteiger charge is 2.37. The zero-order valence-corrected chi connectivity index (χ0v) is 20.4. The Labute approximate surface area is 220 Å². The number of carbonyl (C=O) groups is 1. The van der Waals surface area contributed by atoms with E-state index in [-0.39, 0.29) is 5.69 Å². The number of aliphatic hydroxyl groups is 1. The highest BCUT2D eigenvalue weighted by Crippen LogP contribution is 2.35. The summed E-state index contributed by atoms with van der Waals surface area (Å²) < 4.78 is 0. The van der Waals surface area contributed by atoms with Crippen LogP contribution in [0.2, 0.25) is 0 Å². The molecule has 1 aromatic heterocycles. The van der Waals surface area contributed by atoms with Crippen molar-refractivity contribution in [2.45, 2.75) is 5.60 Å². The van der Waals surface area contributed by atoms with E-state index in [0.717, 1.165) is 15.6 Å². The van der Waals surface area contributed by atoms with Crippen molar-refractivity contribution in [1.29, 1.82) is 0 Å². The second-order valence-corrected chi connectivity index (χ2v) is 8.95. The van der Waals surface area contributed by atoms with E-state index in [9.17, 15) is 9.90 Å². The van der Waals surface area contributed by atoms with E-state index in [0.29, 0.717) is 22.5 Å². The lowest BCUT2D eigenvalue weighted by atomic mass is 9.84. The molecular weight excluding hydrogens is 472 g/mol. The van der Waals surface area contributed by atoms with Gasteiger partial charge in [-0.1, -0.05) is 114 Å². The zero-order valence-electron chi connectivity index (χ0n) is 20.4. The summed E-state index contributed by atoms with van der Waals surface area (Å²) in [4.78, 5) is 16.6. The molecule has 0 aliphatic heterocycles. The molecule has 0 bridgehead atoms. The van der Waals surface area contributed by atoms with Crippen LogP contribution in [0.1, 0.15) is 16.8 Å². The first-order valence-corrected chi connectivity index (χ1v) is 12.3. The standard InChI is InChI=1S/C32H24N4O2/c37-31(35(28-18-8-3-9-19-28)29-21-20-24-12-10-11-13-25(24)22-29)36-33-23-30(34-36)32(38,26-14-4-1-5-15-26)27-16-6-2-7-17-27/h1-23,38H. The summed E-state index contributed by atoms with van der Waals surface area (Å²) >= 11 is 0. The monoisotopic (exact) mass is 496 g/mol. The van der Waals surface area contributed by atoms with E-state index < -0.39 is 11.6 Å². The molecule has 0 fully saturated rings. The zero-order chi connectivity index (χ0) is 26.0. The summed E-state index contributed by atoms with van der Waals surface area (Å²) in [6.45, 7) is 0. The molecule has 6 heteroatoms. The third kappa shape index (κ3) is 4.13. The van der Waals surface area contributed by atoms with E-state index in [1.54, 1.807) is 4.90 Å². The molecule has 0 spiro atoms. The maximum atomic E-state index is 14.0. The quantitative estimate of drug-likeness (QED) is 0.295. The van der Waals surface area contributed by atoms with Crippen molar-refractivity contribution in [2.75, 3.05) is 4.90 Å². The highest BCUT2D eigenvalue weighted by molar-refractivity contribution is 6.01. The van der Waals surface area contributed by atoms with E-state index >= 15 is 0 Å². The Hall–Kier alpha value is -5.07. The van der Waals surface area contributed by atoms with Gasteiger partial charge in [-0.3, -0.25) is 4.90 Å². The average Bonchev–Trinajstić information content (AvgIpc) is 3.49. The molecule has 1 heterocycles. The van der Waals surface area contributed by atoms with Crippen LogP contribution in [0.5, 0.6) is 0 Å². The Morgan fingerprint density at radius 2 is 1.21 bits per heavy atom. The van der Waals surface area contributed by atoms with Crippen molar-refractivity contribution in [2.24, 2.45) is 0 Å². The number of para-hydroxylation sites is 1. The molecule has 6 aromatic rings. The average molecular weight is 497 g/mol. The van der Waals surface area contributed by atoms with Crippen molar-refractivity contribution >= 4 is 28.2 Å². The molecule has 0 unspecified atom stereocenters. The van der Waals surface area contributed by atoms with Crippen LogP contribution in [0.4, 0.5) is 16.2 Å². The number of rotatable bonds is 5. The summed E-state index contributed by atoms with van der Waals surface area (Å²) in [6, 6.07) is 41.3. The van der Waals surface area contributed by atoms with Crippen LogP contribution in [0.3, 0.4) is 0 Å².